The summed E-state index contributed by atoms with van der Waals surface area (Å²) >= 11 is 3.47. The largest absolute Gasteiger partial charge is 0.308 e. The number of carbonyl (C=O) groups is 1. The number of amides is 1. The van der Waals surface area contributed by atoms with Crippen LogP contribution in [0.1, 0.15) is 24.7 Å². The molecule has 1 amide bonds. The number of anilines is 1. The predicted molar refractivity (Wildman–Crippen MR) is 139 cm³/mol. The van der Waals surface area contributed by atoms with E-state index in [1.807, 2.05) is 25.1 Å². The predicted octanol–water partition coefficient (Wildman–Crippen LogP) is 5.35. The highest BCUT2D eigenvalue weighted by atomic mass is 79.9. The Kier molecular flexibility index (Phi) is 5.78. The molecule has 0 saturated carbocycles. The van der Waals surface area contributed by atoms with E-state index in [1.165, 1.54) is 22.8 Å². The van der Waals surface area contributed by atoms with Crippen molar-refractivity contribution in [3.63, 3.8) is 0 Å². The number of para-hydroxylation sites is 3. The third-order valence-electron chi connectivity index (χ3n) is 5.86. The van der Waals surface area contributed by atoms with Crippen molar-refractivity contribution >= 4 is 55.8 Å². The fourth-order valence-electron chi connectivity index (χ4n) is 4.33. The Morgan fingerprint density at radius 1 is 1.03 bits per heavy atom. The average Bonchev–Trinajstić information content (AvgIpc) is 3.10. The number of rotatable bonds is 5. The second-order valence-corrected chi connectivity index (χ2v) is 8.97. The van der Waals surface area contributed by atoms with Gasteiger partial charge in [-0.3, -0.25) is 24.3 Å². The van der Waals surface area contributed by atoms with Crippen LogP contribution in [-0.2, 0) is 4.79 Å². The standard InChI is InChI=1S/C26H19BrN4O4/c1-2-13-29-21-12-11-16(27)14-18(21)19(25(29)32)15-24-28-20-8-4-3-7-17(20)26(33)30(24)22-9-5-6-10-23(22)31(34)35/h3-12,14-15H,2,13H2,1H3/b19-15+. The molecule has 0 N–H and O–H groups in total. The summed E-state index contributed by atoms with van der Waals surface area (Å²) in [5, 5.41) is 12.1. The van der Waals surface area contributed by atoms with E-state index >= 15 is 0 Å². The summed E-state index contributed by atoms with van der Waals surface area (Å²) in [5.41, 5.74) is 1.66. The third-order valence-corrected chi connectivity index (χ3v) is 6.35. The Balaban J connectivity index is 1.84. The van der Waals surface area contributed by atoms with Gasteiger partial charge in [-0.15, -0.1) is 0 Å². The van der Waals surface area contributed by atoms with E-state index in [0.29, 0.717) is 28.6 Å². The summed E-state index contributed by atoms with van der Waals surface area (Å²) in [5.74, 6) is -0.0768. The molecule has 4 aromatic rings. The molecule has 9 heteroatoms. The maximum atomic E-state index is 13.6. The van der Waals surface area contributed by atoms with E-state index in [1.54, 1.807) is 41.3 Å². The first-order chi connectivity index (χ1) is 16.9. The monoisotopic (exact) mass is 530 g/mol. The van der Waals surface area contributed by atoms with Gasteiger partial charge in [-0.05, 0) is 48.9 Å². The molecule has 0 spiro atoms. The second kappa shape index (κ2) is 8.92. The number of benzene rings is 3. The topological polar surface area (TPSA) is 98.3 Å². The van der Waals surface area contributed by atoms with Crippen LogP contribution in [0.4, 0.5) is 11.4 Å². The van der Waals surface area contributed by atoms with Gasteiger partial charge in [-0.25, -0.2) is 4.98 Å². The lowest BCUT2D eigenvalue weighted by molar-refractivity contribution is -0.384. The van der Waals surface area contributed by atoms with Crippen LogP contribution < -0.4 is 10.5 Å². The van der Waals surface area contributed by atoms with Gasteiger partial charge in [0.1, 0.15) is 11.5 Å². The maximum Gasteiger partial charge on any atom is 0.293 e. The van der Waals surface area contributed by atoms with Gasteiger partial charge in [0.15, 0.2) is 0 Å². The van der Waals surface area contributed by atoms with Crippen LogP contribution in [0.25, 0.3) is 28.2 Å². The minimum Gasteiger partial charge on any atom is -0.308 e. The van der Waals surface area contributed by atoms with Crippen LogP contribution in [0.15, 0.2) is 76.0 Å². The third kappa shape index (κ3) is 3.83. The minimum absolute atomic E-state index is 0.0814. The number of aromatic nitrogens is 2. The van der Waals surface area contributed by atoms with Gasteiger partial charge >= 0.3 is 0 Å². The van der Waals surface area contributed by atoms with Gasteiger partial charge in [0.05, 0.1) is 27.1 Å². The molecular weight excluding hydrogens is 512 g/mol. The van der Waals surface area contributed by atoms with Gasteiger partial charge in [0.25, 0.3) is 17.2 Å². The molecule has 174 valence electrons. The van der Waals surface area contributed by atoms with Crippen LogP contribution in [0.5, 0.6) is 0 Å². The number of fused-ring (bicyclic) bond motifs is 2. The Morgan fingerprint density at radius 2 is 1.77 bits per heavy atom. The van der Waals surface area contributed by atoms with Crippen molar-refractivity contribution in [1.82, 2.24) is 9.55 Å². The summed E-state index contributed by atoms with van der Waals surface area (Å²) in [6.07, 6.45) is 2.32. The number of nitrogens with zero attached hydrogens (tertiary/aromatic N) is 4. The number of carbonyl (C=O) groups excluding carboxylic acids is 1. The molecular formula is C26H19BrN4O4. The highest BCUT2D eigenvalue weighted by Crippen LogP contribution is 2.39. The van der Waals surface area contributed by atoms with Crippen LogP contribution in [0, 0.1) is 10.1 Å². The fraction of sp³-hybridized carbons (Fsp3) is 0.115. The molecule has 3 aromatic carbocycles. The van der Waals surface area contributed by atoms with Gasteiger partial charge in [0.2, 0.25) is 0 Å². The zero-order valence-corrected chi connectivity index (χ0v) is 20.2. The molecule has 0 saturated heterocycles. The van der Waals surface area contributed by atoms with Crippen molar-refractivity contribution in [3.05, 3.63) is 103 Å². The zero-order chi connectivity index (χ0) is 24.7. The van der Waals surface area contributed by atoms with Gasteiger partial charge in [-0.2, -0.15) is 0 Å². The number of hydrogen-bond acceptors (Lipinski definition) is 5. The molecule has 8 nitrogen and oxygen atoms in total. The molecule has 0 aliphatic carbocycles. The van der Waals surface area contributed by atoms with E-state index < -0.39 is 10.5 Å². The van der Waals surface area contributed by atoms with Gasteiger partial charge in [0, 0.05) is 22.6 Å². The smallest absolute Gasteiger partial charge is 0.293 e. The van der Waals surface area contributed by atoms with E-state index in [9.17, 15) is 19.7 Å². The summed E-state index contributed by atoms with van der Waals surface area (Å²) in [7, 11) is 0. The number of hydrogen-bond donors (Lipinski definition) is 0. The van der Waals surface area contributed by atoms with E-state index in [-0.39, 0.29) is 23.1 Å². The lowest BCUT2D eigenvalue weighted by atomic mass is 10.1. The first-order valence-corrected chi connectivity index (χ1v) is 11.8. The van der Waals surface area contributed by atoms with E-state index in [0.717, 1.165) is 16.6 Å². The Morgan fingerprint density at radius 3 is 2.54 bits per heavy atom. The summed E-state index contributed by atoms with van der Waals surface area (Å²) in [6, 6.07) is 18.4. The van der Waals surface area contributed by atoms with Crippen molar-refractivity contribution in [2.45, 2.75) is 13.3 Å². The molecule has 0 fully saturated rings. The van der Waals surface area contributed by atoms with Crippen LogP contribution in [0.2, 0.25) is 0 Å². The molecule has 0 unspecified atom stereocenters. The first-order valence-electron chi connectivity index (χ1n) is 11.0. The molecule has 2 heterocycles. The number of halogens is 1. The first kappa shape index (κ1) is 22.7. The number of nitro benzene ring substituents is 1. The van der Waals surface area contributed by atoms with Crippen molar-refractivity contribution in [2.24, 2.45) is 0 Å². The Hall–Kier alpha value is -4.11. The van der Waals surface area contributed by atoms with Crippen molar-refractivity contribution < 1.29 is 9.72 Å². The number of nitro groups is 1. The lowest BCUT2D eigenvalue weighted by Gasteiger charge is -2.15. The molecule has 0 bridgehead atoms. The zero-order valence-electron chi connectivity index (χ0n) is 18.6. The molecule has 0 radical (unpaired) electrons. The molecule has 1 aliphatic heterocycles. The van der Waals surface area contributed by atoms with Crippen molar-refractivity contribution in [3.8, 4) is 5.69 Å². The maximum absolute atomic E-state index is 13.6. The fourth-order valence-corrected chi connectivity index (χ4v) is 4.69. The lowest BCUT2D eigenvalue weighted by Crippen LogP contribution is -2.27. The van der Waals surface area contributed by atoms with E-state index in [2.05, 4.69) is 20.9 Å². The highest BCUT2D eigenvalue weighted by molar-refractivity contribution is 9.10. The highest BCUT2D eigenvalue weighted by Gasteiger charge is 2.32. The van der Waals surface area contributed by atoms with Gasteiger partial charge in [-0.1, -0.05) is 47.1 Å². The minimum atomic E-state index is -0.538. The normalized spacial score (nSPS) is 14.1. The summed E-state index contributed by atoms with van der Waals surface area (Å²) < 4.78 is 2.01. The Labute approximate surface area is 208 Å². The quantitative estimate of drug-likeness (QED) is 0.196. The Bertz CT molecular complexity index is 1610. The SMILES string of the molecule is CCCN1C(=O)/C(=C/c2nc3ccccc3c(=O)n2-c2ccccc2[N+](=O)[O-])c2cc(Br)ccc21. The molecule has 1 aliphatic rings. The molecule has 35 heavy (non-hydrogen) atoms. The van der Waals surface area contributed by atoms with Crippen molar-refractivity contribution in [2.75, 3.05) is 11.4 Å². The van der Waals surface area contributed by atoms with Crippen LogP contribution in [0.3, 0.4) is 0 Å². The van der Waals surface area contributed by atoms with E-state index in [4.69, 9.17) is 0 Å². The molecule has 1 aromatic heterocycles. The molecule has 5 rings (SSSR count). The van der Waals surface area contributed by atoms with Crippen LogP contribution >= 0.6 is 15.9 Å². The summed E-state index contributed by atoms with van der Waals surface area (Å²) in [6.45, 7) is 2.53. The van der Waals surface area contributed by atoms with Gasteiger partial charge < -0.3 is 4.90 Å². The summed E-state index contributed by atoms with van der Waals surface area (Å²) in [4.78, 5) is 44.7. The average molecular weight is 531 g/mol. The second-order valence-electron chi connectivity index (χ2n) is 8.05. The van der Waals surface area contributed by atoms with Crippen molar-refractivity contribution in [1.29, 1.82) is 0 Å². The van der Waals surface area contributed by atoms with Crippen LogP contribution in [-0.4, -0.2) is 26.9 Å². The molecule has 0 atom stereocenters.